The maximum Gasteiger partial charge on any atom is 0.107 e. The van der Waals surface area contributed by atoms with Gasteiger partial charge in [-0.25, -0.2) is 4.98 Å². The van der Waals surface area contributed by atoms with Crippen LogP contribution in [0.1, 0.15) is 22.5 Å². The fraction of sp³-hybridized carbons (Fsp3) is 0.455. The van der Waals surface area contributed by atoms with E-state index in [1.54, 1.807) is 11.3 Å². The molecule has 0 saturated carbocycles. The summed E-state index contributed by atoms with van der Waals surface area (Å²) in [6.07, 6.45) is 4.85. The number of nitrogens with one attached hydrogen (secondary N) is 1. The summed E-state index contributed by atoms with van der Waals surface area (Å²) < 4.78 is 1.88. The van der Waals surface area contributed by atoms with Gasteiger partial charge in [-0.05, 0) is 12.5 Å². The van der Waals surface area contributed by atoms with Gasteiger partial charge in [-0.15, -0.1) is 11.3 Å². The van der Waals surface area contributed by atoms with E-state index in [0.717, 1.165) is 24.5 Å². The molecule has 0 aliphatic rings. The van der Waals surface area contributed by atoms with Crippen LogP contribution in [0.4, 0.5) is 0 Å². The third-order valence-electron chi connectivity index (χ3n) is 2.45. The molecule has 0 aliphatic heterocycles. The number of aryl methyl sites for hydroxylation is 2. The molecule has 5 heteroatoms. The minimum absolute atomic E-state index is 0.829. The first-order valence-electron chi connectivity index (χ1n) is 5.40. The lowest BCUT2D eigenvalue weighted by atomic mass is 10.4. The number of rotatable bonds is 5. The van der Waals surface area contributed by atoms with Crippen LogP contribution in [0.3, 0.4) is 0 Å². The molecule has 0 radical (unpaired) electrons. The first-order valence-corrected chi connectivity index (χ1v) is 6.22. The Bertz CT molecular complexity index is 446. The molecular formula is C11H16N4S. The molecule has 0 spiro atoms. The highest BCUT2D eigenvalue weighted by Gasteiger charge is 2.01. The Morgan fingerprint density at radius 1 is 1.44 bits per heavy atom. The minimum atomic E-state index is 0.829. The summed E-state index contributed by atoms with van der Waals surface area (Å²) in [6.45, 7) is 3.81. The smallest absolute Gasteiger partial charge is 0.107 e. The molecule has 2 aromatic rings. The Kier molecular flexibility index (Phi) is 3.69. The molecule has 2 rings (SSSR count). The van der Waals surface area contributed by atoms with Gasteiger partial charge in [0.1, 0.15) is 5.01 Å². The van der Waals surface area contributed by atoms with Crippen molar-refractivity contribution in [3.05, 3.63) is 34.0 Å². The lowest BCUT2D eigenvalue weighted by molar-refractivity contribution is 0.625. The highest BCUT2D eigenvalue weighted by atomic mass is 32.1. The molecule has 0 bridgehead atoms. The molecule has 4 nitrogen and oxygen atoms in total. The van der Waals surface area contributed by atoms with Crippen molar-refractivity contribution in [3.8, 4) is 0 Å². The van der Waals surface area contributed by atoms with E-state index in [4.69, 9.17) is 0 Å². The van der Waals surface area contributed by atoms with Gasteiger partial charge in [-0.2, -0.15) is 5.10 Å². The normalized spacial score (nSPS) is 10.9. The Labute approximate surface area is 99.3 Å². The van der Waals surface area contributed by atoms with E-state index in [1.807, 2.05) is 30.2 Å². The number of hydrogen-bond acceptors (Lipinski definition) is 4. The van der Waals surface area contributed by atoms with Crippen LogP contribution in [0.15, 0.2) is 18.5 Å². The van der Waals surface area contributed by atoms with Crippen molar-refractivity contribution in [1.29, 1.82) is 0 Å². The van der Waals surface area contributed by atoms with Gasteiger partial charge in [0.25, 0.3) is 0 Å². The van der Waals surface area contributed by atoms with E-state index >= 15 is 0 Å². The maximum atomic E-state index is 4.36. The van der Waals surface area contributed by atoms with Crippen LogP contribution >= 0.6 is 11.3 Å². The third kappa shape index (κ3) is 2.68. The topological polar surface area (TPSA) is 42.7 Å². The van der Waals surface area contributed by atoms with Crippen molar-refractivity contribution in [2.45, 2.75) is 26.4 Å². The molecule has 0 saturated heterocycles. The van der Waals surface area contributed by atoms with Crippen molar-refractivity contribution >= 4 is 11.3 Å². The summed E-state index contributed by atoms with van der Waals surface area (Å²) in [7, 11) is 1.95. The molecule has 86 valence electrons. The second kappa shape index (κ2) is 5.23. The zero-order valence-electron chi connectivity index (χ0n) is 9.60. The van der Waals surface area contributed by atoms with Gasteiger partial charge in [-0.1, -0.05) is 6.92 Å². The standard InChI is InChI=1S/C11H16N4S/c1-3-10-7-13-11(16-10)8-12-6-9-4-5-14-15(9)2/h4-5,7,12H,3,6,8H2,1-2H3. The average Bonchev–Trinajstić information content (AvgIpc) is 2.89. The summed E-state index contributed by atoms with van der Waals surface area (Å²) >= 11 is 1.78. The first kappa shape index (κ1) is 11.3. The molecule has 0 aliphatic carbocycles. The zero-order chi connectivity index (χ0) is 11.4. The predicted octanol–water partition coefficient (Wildman–Crippen LogP) is 1.73. The number of nitrogens with zero attached hydrogens (tertiary/aromatic N) is 3. The molecular weight excluding hydrogens is 220 g/mol. The third-order valence-corrected chi connectivity index (χ3v) is 3.60. The van der Waals surface area contributed by atoms with Gasteiger partial charge < -0.3 is 5.32 Å². The first-order chi connectivity index (χ1) is 7.79. The van der Waals surface area contributed by atoms with E-state index < -0.39 is 0 Å². The predicted molar refractivity (Wildman–Crippen MR) is 65.2 cm³/mol. The van der Waals surface area contributed by atoms with E-state index in [-0.39, 0.29) is 0 Å². The monoisotopic (exact) mass is 236 g/mol. The Hall–Kier alpha value is -1.20. The van der Waals surface area contributed by atoms with Crippen molar-refractivity contribution in [2.24, 2.45) is 7.05 Å². The minimum Gasteiger partial charge on any atom is -0.305 e. The molecule has 16 heavy (non-hydrogen) atoms. The second-order valence-corrected chi connectivity index (χ2v) is 4.82. The number of thiazole rings is 1. The summed E-state index contributed by atoms with van der Waals surface area (Å²) in [4.78, 5) is 5.71. The van der Waals surface area contributed by atoms with Crippen molar-refractivity contribution in [1.82, 2.24) is 20.1 Å². The van der Waals surface area contributed by atoms with Crippen LogP contribution in [0, 0.1) is 0 Å². The van der Waals surface area contributed by atoms with Crippen molar-refractivity contribution in [2.75, 3.05) is 0 Å². The van der Waals surface area contributed by atoms with Crippen LogP contribution in [0.5, 0.6) is 0 Å². The lowest BCUT2D eigenvalue weighted by Crippen LogP contribution is -2.15. The summed E-state index contributed by atoms with van der Waals surface area (Å²) in [5, 5.41) is 8.64. The van der Waals surface area contributed by atoms with Gasteiger partial charge in [0, 0.05) is 37.4 Å². The van der Waals surface area contributed by atoms with Crippen LogP contribution < -0.4 is 5.32 Å². The summed E-state index contributed by atoms with van der Waals surface area (Å²) in [5.74, 6) is 0. The van der Waals surface area contributed by atoms with E-state index in [1.165, 1.54) is 10.6 Å². The van der Waals surface area contributed by atoms with Gasteiger partial charge in [0.2, 0.25) is 0 Å². The van der Waals surface area contributed by atoms with E-state index in [9.17, 15) is 0 Å². The SMILES string of the molecule is CCc1cnc(CNCc2ccnn2C)s1. The molecule has 0 fully saturated rings. The highest BCUT2D eigenvalue weighted by molar-refractivity contribution is 7.11. The van der Waals surface area contributed by atoms with Crippen LogP contribution in [-0.2, 0) is 26.6 Å². The van der Waals surface area contributed by atoms with Crippen LogP contribution in [0.2, 0.25) is 0 Å². The summed E-state index contributed by atoms with van der Waals surface area (Å²) in [6, 6.07) is 2.02. The highest BCUT2D eigenvalue weighted by Crippen LogP contribution is 2.12. The molecule has 1 N–H and O–H groups in total. The Balaban J connectivity index is 1.82. The lowest BCUT2D eigenvalue weighted by Gasteiger charge is -2.02. The van der Waals surface area contributed by atoms with Crippen LogP contribution in [0.25, 0.3) is 0 Å². The molecule has 0 unspecified atom stereocenters. The van der Waals surface area contributed by atoms with Crippen molar-refractivity contribution < 1.29 is 0 Å². The maximum absolute atomic E-state index is 4.36. The largest absolute Gasteiger partial charge is 0.305 e. The average molecular weight is 236 g/mol. The van der Waals surface area contributed by atoms with E-state index in [2.05, 4.69) is 22.3 Å². The quantitative estimate of drug-likeness (QED) is 0.859. The molecule has 0 aromatic carbocycles. The van der Waals surface area contributed by atoms with Gasteiger partial charge in [-0.3, -0.25) is 4.68 Å². The fourth-order valence-corrected chi connectivity index (χ4v) is 2.30. The van der Waals surface area contributed by atoms with Crippen LogP contribution in [-0.4, -0.2) is 14.8 Å². The van der Waals surface area contributed by atoms with Gasteiger partial charge in [0.15, 0.2) is 0 Å². The fourth-order valence-electron chi connectivity index (χ4n) is 1.47. The molecule has 0 amide bonds. The number of aromatic nitrogens is 3. The Morgan fingerprint density at radius 2 is 2.31 bits per heavy atom. The summed E-state index contributed by atoms with van der Waals surface area (Å²) in [5.41, 5.74) is 1.19. The van der Waals surface area contributed by atoms with Crippen molar-refractivity contribution in [3.63, 3.8) is 0 Å². The molecule has 0 atom stereocenters. The van der Waals surface area contributed by atoms with E-state index in [0.29, 0.717) is 0 Å². The second-order valence-electron chi connectivity index (χ2n) is 3.62. The number of hydrogen-bond donors (Lipinski definition) is 1. The van der Waals surface area contributed by atoms with Gasteiger partial charge in [0.05, 0.1) is 5.69 Å². The molecule has 2 heterocycles. The molecule has 2 aromatic heterocycles. The van der Waals surface area contributed by atoms with Gasteiger partial charge >= 0.3 is 0 Å². The Morgan fingerprint density at radius 3 is 2.94 bits per heavy atom. The zero-order valence-corrected chi connectivity index (χ0v) is 10.4.